The summed E-state index contributed by atoms with van der Waals surface area (Å²) in [4.78, 5) is 4.75. The molecule has 0 saturated carbocycles. The van der Waals surface area contributed by atoms with Crippen molar-refractivity contribution in [1.29, 1.82) is 0 Å². The van der Waals surface area contributed by atoms with E-state index < -0.39 is 0 Å². The standard InChI is InChI=1S/C12H14FN3OS/c1-2-7-14-12-15-11(16-17-12)8-18-10-6-4-3-5-9(10)13/h3-6H,2,7-8H2,1H3,(H,14,15,16). The van der Waals surface area contributed by atoms with Gasteiger partial charge in [-0.05, 0) is 18.6 Å². The van der Waals surface area contributed by atoms with E-state index in [1.54, 1.807) is 18.2 Å². The van der Waals surface area contributed by atoms with Crippen molar-refractivity contribution in [1.82, 2.24) is 10.1 Å². The number of nitrogens with zero attached hydrogens (tertiary/aromatic N) is 2. The maximum Gasteiger partial charge on any atom is 0.321 e. The molecule has 0 atom stereocenters. The van der Waals surface area contributed by atoms with E-state index in [9.17, 15) is 4.39 Å². The van der Waals surface area contributed by atoms with Crippen molar-refractivity contribution in [3.63, 3.8) is 0 Å². The summed E-state index contributed by atoms with van der Waals surface area (Å²) in [6, 6.07) is 7.06. The first-order valence-corrected chi connectivity index (χ1v) is 6.72. The second kappa shape index (κ2) is 6.39. The Bertz CT molecular complexity index is 504. The van der Waals surface area contributed by atoms with Gasteiger partial charge in [0.25, 0.3) is 0 Å². The molecule has 0 spiro atoms. The topological polar surface area (TPSA) is 51.0 Å². The number of aromatic nitrogens is 2. The van der Waals surface area contributed by atoms with Crippen molar-refractivity contribution in [3.05, 3.63) is 35.9 Å². The lowest BCUT2D eigenvalue weighted by Crippen LogP contribution is -1.99. The normalized spacial score (nSPS) is 10.6. The van der Waals surface area contributed by atoms with Gasteiger partial charge < -0.3 is 9.84 Å². The van der Waals surface area contributed by atoms with Crippen LogP contribution in [0, 0.1) is 5.82 Å². The quantitative estimate of drug-likeness (QED) is 0.814. The van der Waals surface area contributed by atoms with Crippen molar-refractivity contribution in [2.45, 2.75) is 24.0 Å². The molecule has 0 aliphatic rings. The Morgan fingerprint density at radius 1 is 1.39 bits per heavy atom. The van der Waals surface area contributed by atoms with Gasteiger partial charge in [-0.2, -0.15) is 4.98 Å². The summed E-state index contributed by atoms with van der Waals surface area (Å²) in [6.45, 7) is 2.85. The average Bonchev–Trinajstić information content (AvgIpc) is 2.83. The number of halogens is 1. The lowest BCUT2D eigenvalue weighted by molar-refractivity contribution is 0.425. The molecule has 1 aromatic heterocycles. The van der Waals surface area contributed by atoms with Crippen LogP contribution >= 0.6 is 11.8 Å². The summed E-state index contributed by atoms with van der Waals surface area (Å²) in [5.74, 6) is 0.815. The minimum Gasteiger partial charge on any atom is -0.338 e. The third-order valence-electron chi connectivity index (χ3n) is 2.19. The van der Waals surface area contributed by atoms with Gasteiger partial charge in [-0.3, -0.25) is 0 Å². The largest absolute Gasteiger partial charge is 0.338 e. The van der Waals surface area contributed by atoms with Crippen LogP contribution in [0.15, 0.2) is 33.7 Å². The Hall–Kier alpha value is -1.56. The minimum atomic E-state index is -0.227. The Morgan fingerprint density at radius 2 is 2.22 bits per heavy atom. The van der Waals surface area contributed by atoms with Crippen molar-refractivity contribution in [3.8, 4) is 0 Å². The molecule has 0 aliphatic carbocycles. The van der Waals surface area contributed by atoms with Crippen LogP contribution in [-0.2, 0) is 5.75 Å². The number of thioether (sulfide) groups is 1. The van der Waals surface area contributed by atoms with Gasteiger partial charge in [0.2, 0.25) is 0 Å². The summed E-state index contributed by atoms with van der Waals surface area (Å²) < 4.78 is 18.4. The molecule has 0 saturated heterocycles. The highest BCUT2D eigenvalue weighted by atomic mass is 32.2. The smallest absolute Gasteiger partial charge is 0.321 e. The SMILES string of the molecule is CCCNc1nc(CSc2ccccc2F)no1. The number of anilines is 1. The highest BCUT2D eigenvalue weighted by Crippen LogP contribution is 2.24. The summed E-state index contributed by atoms with van der Waals surface area (Å²) in [5, 5.41) is 6.82. The van der Waals surface area contributed by atoms with Crippen LogP contribution in [0.4, 0.5) is 10.4 Å². The van der Waals surface area contributed by atoms with Gasteiger partial charge in [0.15, 0.2) is 5.82 Å². The molecule has 0 unspecified atom stereocenters. The third kappa shape index (κ3) is 3.46. The molecule has 6 heteroatoms. The zero-order chi connectivity index (χ0) is 12.8. The molecule has 1 N–H and O–H groups in total. The Balaban J connectivity index is 1.90. The second-order valence-electron chi connectivity index (χ2n) is 3.66. The molecule has 96 valence electrons. The highest BCUT2D eigenvalue weighted by molar-refractivity contribution is 7.98. The van der Waals surface area contributed by atoms with Gasteiger partial charge in [-0.25, -0.2) is 4.39 Å². The van der Waals surface area contributed by atoms with E-state index in [0.717, 1.165) is 13.0 Å². The maximum absolute atomic E-state index is 13.4. The maximum atomic E-state index is 13.4. The second-order valence-corrected chi connectivity index (χ2v) is 4.68. The summed E-state index contributed by atoms with van der Waals surface area (Å²) in [5.41, 5.74) is 0. The lowest BCUT2D eigenvalue weighted by atomic mass is 10.3. The number of nitrogens with one attached hydrogen (secondary N) is 1. The van der Waals surface area contributed by atoms with Crippen LogP contribution in [0.3, 0.4) is 0 Å². The minimum absolute atomic E-state index is 0.227. The first-order chi connectivity index (χ1) is 8.79. The zero-order valence-electron chi connectivity index (χ0n) is 10.0. The van der Waals surface area contributed by atoms with Crippen molar-refractivity contribution in [2.75, 3.05) is 11.9 Å². The van der Waals surface area contributed by atoms with Crippen molar-refractivity contribution >= 4 is 17.8 Å². The van der Waals surface area contributed by atoms with Gasteiger partial charge in [-0.1, -0.05) is 24.2 Å². The van der Waals surface area contributed by atoms with E-state index in [1.165, 1.54) is 17.8 Å². The predicted molar refractivity (Wildman–Crippen MR) is 69.0 cm³/mol. The van der Waals surface area contributed by atoms with Gasteiger partial charge in [-0.15, -0.1) is 11.8 Å². The van der Waals surface area contributed by atoms with Crippen molar-refractivity contribution in [2.24, 2.45) is 0 Å². The van der Waals surface area contributed by atoms with Crippen LogP contribution in [0.5, 0.6) is 0 Å². The zero-order valence-corrected chi connectivity index (χ0v) is 10.8. The number of hydrogen-bond donors (Lipinski definition) is 1. The molecule has 0 amide bonds. The fraction of sp³-hybridized carbons (Fsp3) is 0.333. The Kier molecular flexibility index (Phi) is 4.58. The first kappa shape index (κ1) is 12.9. The fourth-order valence-corrected chi connectivity index (χ4v) is 2.10. The molecule has 0 bridgehead atoms. The van der Waals surface area contributed by atoms with Gasteiger partial charge in [0.05, 0.1) is 5.75 Å². The summed E-state index contributed by atoms with van der Waals surface area (Å²) in [6.07, 6.45) is 0.988. The molecule has 4 nitrogen and oxygen atoms in total. The summed E-state index contributed by atoms with van der Waals surface area (Å²) >= 11 is 1.35. The third-order valence-corrected chi connectivity index (χ3v) is 3.23. The molecular weight excluding hydrogens is 253 g/mol. The lowest BCUT2D eigenvalue weighted by Gasteiger charge is -1.99. The molecule has 0 aliphatic heterocycles. The number of hydrogen-bond acceptors (Lipinski definition) is 5. The van der Waals surface area contributed by atoms with Crippen LogP contribution in [-0.4, -0.2) is 16.7 Å². The molecule has 1 aromatic carbocycles. The van der Waals surface area contributed by atoms with E-state index in [-0.39, 0.29) is 5.82 Å². The monoisotopic (exact) mass is 267 g/mol. The molecule has 0 fully saturated rings. The molecule has 1 heterocycles. The van der Waals surface area contributed by atoms with E-state index in [1.807, 2.05) is 0 Å². The Morgan fingerprint density at radius 3 is 3.00 bits per heavy atom. The van der Waals surface area contributed by atoms with E-state index in [0.29, 0.717) is 22.5 Å². The van der Waals surface area contributed by atoms with E-state index >= 15 is 0 Å². The highest BCUT2D eigenvalue weighted by Gasteiger charge is 2.07. The van der Waals surface area contributed by atoms with Gasteiger partial charge >= 0.3 is 6.01 Å². The molecular formula is C12H14FN3OS. The Labute approximate surface area is 109 Å². The van der Waals surface area contributed by atoms with Gasteiger partial charge in [0.1, 0.15) is 5.82 Å². The fourth-order valence-electron chi connectivity index (χ4n) is 1.32. The molecule has 2 rings (SSSR count). The average molecular weight is 267 g/mol. The molecule has 18 heavy (non-hydrogen) atoms. The summed E-state index contributed by atoms with van der Waals surface area (Å²) in [7, 11) is 0. The van der Waals surface area contributed by atoms with Gasteiger partial charge in [0, 0.05) is 11.4 Å². The van der Waals surface area contributed by atoms with Crippen molar-refractivity contribution < 1.29 is 8.91 Å². The van der Waals surface area contributed by atoms with E-state index in [2.05, 4.69) is 22.4 Å². The van der Waals surface area contributed by atoms with E-state index in [4.69, 9.17) is 4.52 Å². The molecule has 0 radical (unpaired) electrons. The number of rotatable bonds is 6. The number of benzene rings is 1. The first-order valence-electron chi connectivity index (χ1n) is 5.73. The van der Waals surface area contributed by atoms with Crippen LogP contribution in [0.25, 0.3) is 0 Å². The predicted octanol–water partition coefficient (Wildman–Crippen LogP) is 3.32. The molecule has 2 aromatic rings. The van der Waals surface area contributed by atoms with Crippen LogP contribution < -0.4 is 5.32 Å². The van der Waals surface area contributed by atoms with Crippen LogP contribution in [0.1, 0.15) is 19.2 Å². The van der Waals surface area contributed by atoms with Crippen LogP contribution in [0.2, 0.25) is 0 Å².